The van der Waals surface area contributed by atoms with E-state index < -0.39 is 0 Å². The SMILES string of the molecule is CCCC(N)C1=CC(Cl)=C(CO)C1Cc1ccc(-c2ccccc2[Te])cc1. The molecule has 1 aliphatic carbocycles. The molecule has 1 aliphatic rings. The maximum absolute atomic E-state index is 9.82. The fraction of sp³-hybridized carbons (Fsp3) is 0.304. The van der Waals surface area contributed by atoms with Crippen LogP contribution < -0.4 is 9.35 Å². The van der Waals surface area contributed by atoms with Crippen LogP contribution in [0.5, 0.6) is 0 Å². The number of hydrogen-bond acceptors (Lipinski definition) is 2. The average Bonchev–Trinajstić information content (AvgIpc) is 2.98. The number of allylic oxidation sites excluding steroid dienone is 2. The Kier molecular flexibility index (Phi) is 7.20. The fourth-order valence-corrected chi connectivity index (χ4v) is 4.81. The normalized spacial score (nSPS) is 17.9. The molecule has 2 atom stereocenters. The monoisotopic (exact) mass is 496 g/mol. The van der Waals surface area contributed by atoms with E-state index in [0.717, 1.165) is 30.4 Å². The Hall–Kier alpha value is -1.08. The summed E-state index contributed by atoms with van der Waals surface area (Å²) in [7, 11) is 0. The quantitative estimate of drug-likeness (QED) is 0.575. The van der Waals surface area contributed by atoms with Crippen molar-refractivity contribution in [2.45, 2.75) is 32.2 Å². The summed E-state index contributed by atoms with van der Waals surface area (Å²) in [4.78, 5) is 0. The van der Waals surface area contributed by atoms with Crippen LogP contribution in [0.25, 0.3) is 11.1 Å². The number of rotatable bonds is 7. The first kappa shape index (κ1) is 20.6. The summed E-state index contributed by atoms with van der Waals surface area (Å²) >= 11 is 8.44. The van der Waals surface area contributed by atoms with Gasteiger partial charge in [0.25, 0.3) is 0 Å². The molecule has 3 rings (SSSR count). The Balaban J connectivity index is 1.82. The standard InChI is InChI=1S/C23H25ClNOTe/c1-2-5-22(25)19-13-21(24)20(14-26)18(19)12-15-8-10-16(11-9-15)17-6-3-4-7-23(17)27/h3-4,6-11,13,18,22,26H,2,5,12,14,25H2,1H3. The van der Waals surface area contributed by atoms with Crippen LogP contribution in [0.1, 0.15) is 25.3 Å². The van der Waals surface area contributed by atoms with Crippen molar-refractivity contribution >= 4 is 37.5 Å². The Morgan fingerprint density at radius 3 is 2.48 bits per heavy atom. The summed E-state index contributed by atoms with van der Waals surface area (Å²) in [6, 6.07) is 17.1. The zero-order chi connectivity index (χ0) is 19.4. The number of hydrogen-bond donors (Lipinski definition) is 2. The second kappa shape index (κ2) is 9.41. The minimum atomic E-state index is -0.0238. The molecule has 0 aliphatic heterocycles. The Morgan fingerprint density at radius 2 is 1.85 bits per heavy atom. The summed E-state index contributed by atoms with van der Waals surface area (Å²) in [5.41, 5.74) is 12.1. The van der Waals surface area contributed by atoms with Crippen molar-refractivity contribution in [1.82, 2.24) is 0 Å². The van der Waals surface area contributed by atoms with Gasteiger partial charge in [-0.3, -0.25) is 0 Å². The molecule has 3 N–H and O–H groups in total. The molecule has 0 fully saturated rings. The molecule has 2 unspecified atom stereocenters. The predicted octanol–water partition coefficient (Wildman–Crippen LogP) is 3.86. The predicted molar refractivity (Wildman–Crippen MR) is 115 cm³/mol. The molecule has 0 spiro atoms. The molecule has 2 aromatic rings. The molecule has 0 saturated heterocycles. The molecule has 0 saturated carbocycles. The molecule has 0 amide bonds. The van der Waals surface area contributed by atoms with Crippen molar-refractivity contribution in [2.24, 2.45) is 11.7 Å². The Morgan fingerprint density at radius 1 is 1.15 bits per heavy atom. The molecule has 2 nitrogen and oxygen atoms in total. The van der Waals surface area contributed by atoms with Crippen molar-refractivity contribution in [2.75, 3.05) is 6.61 Å². The van der Waals surface area contributed by atoms with Crippen LogP contribution in [-0.2, 0) is 6.42 Å². The summed E-state index contributed by atoms with van der Waals surface area (Å²) in [5.74, 6) is 0.0916. The third-order valence-electron chi connectivity index (χ3n) is 5.21. The number of halogens is 1. The van der Waals surface area contributed by atoms with Crippen LogP contribution in [0.2, 0.25) is 0 Å². The molecule has 2 aromatic carbocycles. The van der Waals surface area contributed by atoms with E-state index in [1.165, 1.54) is 20.3 Å². The van der Waals surface area contributed by atoms with Gasteiger partial charge in [-0.2, -0.15) is 0 Å². The first-order chi connectivity index (χ1) is 13.0. The number of benzene rings is 2. The van der Waals surface area contributed by atoms with Crippen LogP contribution in [0.15, 0.2) is 70.8 Å². The van der Waals surface area contributed by atoms with Gasteiger partial charge in [0.15, 0.2) is 0 Å². The summed E-state index contributed by atoms with van der Waals surface area (Å²) in [6.45, 7) is 2.11. The molecule has 4 heteroatoms. The van der Waals surface area contributed by atoms with E-state index in [9.17, 15) is 5.11 Å². The van der Waals surface area contributed by atoms with Gasteiger partial charge in [0.1, 0.15) is 0 Å². The zero-order valence-corrected chi connectivity index (χ0v) is 18.6. The van der Waals surface area contributed by atoms with Crippen LogP contribution in [0.3, 0.4) is 0 Å². The topological polar surface area (TPSA) is 46.2 Å². The summed E-state index contributed by atoms with van der Waals surface area (Å²) in [5, 5.41) is 10.5. The van der Waals surface area contributed by atoms with E-state index in [2.05, 4.69) is 77.7 Å². The first-order valence-corrected chi connectivity index (χ1v) is 10.9. The van der Waals surface area contributed by atoms with Gasteiger partial charge in [-0.1, -0.05) is 6.92 Å². The zero-order valence-electron chi connectivity index (χ0n) is 15.5. The Bertz CT molecular complexity index is 857. The van der Waals surface area contributed by atoms with E-state index in [1.54, 1.807) is 0 Å². The van der Waals surface area contributed by atoms with Crippen molar-refractivity contribution in [1.29, 1.82) is 0 Å². The molecular formula is C23H25ClNOTe. The second-order valence-electron chi connectivity index (χ2n) is 7.02. The summed E-state index contributed by atoms with van der Waals surface area (Å²) in [6.07, 6.45) is 4.74. The Labute approximate surface area is 180 Å². The summed E-state index contributed by atoms with van der Waals surface area (Å²) < 4.78 is 1.28. The third kappa shape index (κ3) is 4.67. The van der Waals surface area contributed by atoms with Gasteiger partial charge in [0.2, 0.25) is 0 Å². The van der Waals surface area contributed by atoms with Gasteiger partial charge in [0.05, 0.1) is 0 Å². The van der Waals surface area contributed by atoms with E-state index in [4.69, 9.17) is 17.3 Å². The van der Waals surface area contributed by atoms with Crippen molar-refractivity contribution in [3.8, 4) is 11.1 Å². The molecule has 27 heavy (non-hydrogen) atoms. The van der Waals surface area contributed by atoms with Gasteiger partial charge < -0.3 is 0 Å². The first-order valence-electron chi connectivity index (χ1n) is 9.37. The van der Waals surface area contributed by atoms with Gasteiger partial charge in [0, 0.05) is 0 Å². The van der Waals surface area contributed by atoms with Crippen LogP contribution >= 0.6 is 11.6 Å². The second-order valence-corrected chi connectivity index (χ2v) is 8.68. The fourth-order valence-electron chi connectivity index (χ4n) is 3.74. The maximum atomic E-state index is 9.82. The van der Waals surface area contributed by atoms with Crippen LogP contribution in [-0.4, -0.2) is 40.1 Å². The molecule has 0 aromatic heterocycles. The molecule has 0 bridgehead atoms. The van der Waals surface area contributed by atoms with Crippen LogP contribution in [0.4, 0.5) is 0 Å². The van der Waals surface area contributed by atoms with Crippen LogP contribution in [0, 0.1) is 5.92 Å². The molecule has 1 radical (unpaired) electrons. The average molecular weight is 495 g/mol. The molecule has 0 heterocycles. The van der Waals surface area contributed by atoms with Gasteiger partial charge >= 0.3 is 174 Å². The van der Waals surface area contributed by atoms with Gasteiger partial charge in [-0.25, -0.2) is 0 Å². The molecule has 141 valence electrons. The van der Waals surface area contributed by atoms with E-state index in [-0.39, 0.29) is 18.6 Å². The third-order valence-corrected chi connectivity index (χ3v) is 6.58. The number of aliphatic hydroxyl groups is 1. The number of nitrogens with two attached hydrogens (primary N) is 1. The van der Waals surface area contributed by atoms with Crippen molar-refractivity contribution < 1.29 is 5.11 Å². The van der Waals surface area contributed by atoms with Crippen molar-refractivity contribution in [3.05, 3.63) is 76.3 Å². The van der Waals surface area contributed by atoms with Gasteiger partial charge in [-0.15, -0.1) is 0 Å². The van der Waals surface area contributed by atoms with E-state index in [0.29, 0.717) is 5.03 Å². The minimum absolute atomic E-state index is 0.00982. The van der Waals surface area contributed by atoms with Crippen molar-refractivity contribution in [3.63, 3.8) is 0 Å². The number of aliphatic hydroxyl groups excluding tert-OH is 1. The van der Waals surface area contributed by atoms with Gasteiger partial charge in [-0.05, 0) is 0 Å². The van der Waals surface area contributed by atoms with E-state index in [1.807, 2.05) is 6.08 Å². The molecular weight excluding hydrogens is 469 g/mol. The van der Waals surface area contributed by atoms with E-state index >= 15 is 0 Å².